The normalized spacial score (nSPS) is 25.1. The van der Waals surface area contributed by atoms with Gasteiger partial charge in [0.2, 0.25) is 5.91 Å². The molecule has 0 heterocycles. The number of sulfone groups is 1. The molecule has 0 fully saturated rings. The number of hydrogen-bond donors (Lipinski definition) is 1. The van der Waals surface area contributed by atoms with Gasteiger partial charge in [-0.25, -0.2) is 8.42 Å². The van der Waals surface area contributed by atoms with Gasteiger partial charge in [0, 0.05) is 6.26 Å². The molecule has 102 valence electrons. The second-order valence-electron chi connectivity index (χ2n) is 5.60. The van der Waals surface area contributed by atoms with Gasteiger partial charge in [-0.15, -0.1) is 0 Å². The molecule has 1 atom stereocenters. The minimum atomic E-state index is -3.57. The molecule has 5 heteroatoms. The van der Waals surface area contributed by atoms with E-state index < -0.39 is 20.5 Å². The maximum atomic E-state index is 12.2. The van der Waals surface area contributed by atoms with E-state index in [2.05, 4.69) is 6.07 Å². The number of primary amides is 1. The minimum Gasteiger partial charge on any atom is -0.368 e. The molecule has 1 aromatic carbocycles. The number of hydrogen-bond acceptors (Lipinski definition) is 3. The standard InChI is InChI=1S/C14H17NO3S/c1-19(17,18)14(13(15)16)6-5-11-7-9-3-2-4-10(9)8-12(11)14/h7-8H,2-6H2,1H3,(H2,15,16). The van der Waals surface area contributed by atoms with Crippen LogP contribution in [-0.4, -0.2) is 20.6 Å². The van der Waals surface area contributed by atoms with Gasteiger partial charge in [0.25, 0.3) is 0 Å². The third-order valence-corrected chi connectivity index (χ3v) is 6.42. The SMILES string of the molecule is CS(=O)(=O)C1(C(N)=O)CCc2cc3c(cc21)CCC3. The Hall–Kier alpha value is -1.36. The van der Waals surface area contributed by atoms with Gasteiger partial charge in [-0.3, -0.25) is 4.79 Å². The summed E-state index contributed by atoms with van der Waals surface area (Å²) in [6, 6.07) is 3.99. The van der Waals surface area contributed by atoms with Crippen molar-refractivity contribution in [2.75, 3.05) is 6.26 Å². The molecule has 2 aliphatic rings. The van der Waals surface area contributed by atoms with Crippen LogP contribution in [0, 0.1) is 0 Å². The number of carbonyl (C=O) groups excluding carboxylic acids is 1. The zero-order valence-corrected chi connectivity index (χ0v) is 11.7. The first-order valence-corrected chi connectivity index (χ1v) is 8.40. The zero-order chi connectivity index (χ0) is 13.8. The molecule has 0 bridgehead atoms. The number of nitrogens with two attached hydrogens (primary N) is 1. The van der Waals surface area contributed by atoms with Crippen LogP contribution in [0.3, 0.4) is 0 Å². The van der Waals surface area contributed by atoms with Gasteiger partial charge in [-0.2, -0.15) is 0 Å². The van der Waals surface area contributed by atoms with Crippen molar-refractivity contribution >= 4 is 15.7 Å². The average molecular weight is 279 g/mol. The number of carbonyl (C=O) groups is 1. The van der Waals surface area contributed by atoms with Crippen molar-refractivity contribution in [2.45, 2.75) is 36.9 Å². The van der Waals surface area contributed by atoms with E-state index in [1.807, 2.05) is 6.07 Å². The zero-order valence-electron chi connectivity index (χ0n) is 10.9. The summed E-state index contributed by atoms with van der Waals surface area (Å²) in [5.74, 6) is -0.744. The summed E-state index contributed by atoms with van der Waals surface area (Å²) in [6.45, 7) is 0. The van der Waals surface area contributed by atoms with Crippen LogP contribution in [0.5, 0.6) is 0 Å². The third kappa shape index (κ3) is 1.57. The van der Waals surface area contributed by atoms with Gasteiger partial charge < -0.3 is 5.73 Å². The molecule has 0 saturated carbocycles. The van der Waals surface area contributed by atoms with E-state index in [-0.39, 0.29) is 6.42 Å². The molecule has 3 rings (SSSR count). The predicted molar refractivity (Wildman–Crippen MR) is 72.5 cm³/mol. The molecule has 0 saturated heterocycles. The highest BCUT2D eigenvalue weighted by Crippen LogP contribution is 2.44. The molecule has 0 aliphatic heterocycles. The van der Waals surface area contributed by atoms with Gasteiger partial charge in [-0.1, -0.05) is 12.1 Å². The van der Waals surface area contributed by atoms with Crippen molar-refractivity contribution in [3.05, 3.63) is 34.4 Å². The molecule has 4 nitrogen and oxygen atoms in total. The monoisotopic (exact) mass is 279 g/mol. The van der Waals surface area contributed by atoms with E-state index in [1.165, 1.54) is 11.1 Å². The molecule has 19 heavy (non-hydrogen) atoms. The topological polar surface area (TPSA) is 77.2 Å². The van der Waals surface area contributed by atoms with Crippen molar-refractivity contribution in [3.63, 3.8) is 0 Å². The Bertz CT molecular complexity index is 678. The first kappa shape index (κ1) is 12.7. The second kappa shape index (κ2) is 3.82. The first-order valence-electron chi connectivity index (χ1n) is 6.51. The minimum absolute atomic E-state index is 0.277. The van der Waals surface area contributed by atoms with Crippen LogP contribution in [0.4, 0.5) is 0 Å². The van der Waals surface area contributed by atoms with Crippen molar-refractivity contribution in [1.29, 1.82) is 0 Å². The van der Waals surface area contributed by atoms with Crippen LogP contribution in [0.1, 0.15) is 35.1 Å². The highest BCUT2D eigenvalue weighted by molar-refractivity contribution is 7.92. The largest absolute Gasteiger partial charge is 0.368 e. The maximum Gasteiger partial charge on any atom is 0.243 e. The number of rotatable bonds is 2. The molecule has 2 N–H and O–H groups in total. The molecule has 2 aliphatic carbocycles. The van der Waals surface area contributed by atoms with E-state index in [0.717, 1.165) is 31.1 Å². The lowest BCUT2D eigenvalue weighted by Gasteiger charge is -2.25. The Morgan fingerprint density at radius 1 is 1.16 bits per heavy atom. The molecule has 1 amide bonds. The first-order chi connectivity index (χ1) is 8.86. The van der Waals surface area contributed by atoms with E-state index in [9.17, 15) is 13.2 Å². The highest BCUT2D eigenvalue weighted by Gasteiger charge is 2.52. The molecule has 0 radical (unpaired) electrons. The van der Waals surface area contributed by atoms with E-state index in [1.54, 1.807) is 0 Å². The molecular weight excluding hydrogens is 262 g/mol. The predicted octanol–water partition coefficient (Wildman–Crippen LogP) is 0.847. The third-order valence-electron chi connectivity index (χ3n) is 4.53. The fraction of sp³-hybridized carbons (Fsp3) is 0.500. The maximum absolute atomic E-state index is 12.2. The Morgan fingerprint density at radius 2 is 1.79 bits per heavy atom. The van der Waals surface area contributed by atoms with Crippen molar-refractivity contribution < 1.29 is 13.2 Å². The lowest BCUT2D eigenvalue weighted by atomic mass is 9.95. The molecular formula is C14H17NO3S. The van der Waals surface area contributed by atoms with Crippen molar-refractivity contribution in [2.24, 2.45) is 5.73 Å². The Morgan fingerprint density at radius 3 is 2.37 bits per heavy atom. The summed E-state index contributed by atoms with van der Waals surface area (Å²) in [6.07, 6.45) is 5.10. The number of aryl methyl sites for hydroxylation is 3. The van der Waals surface area contributed by atoms with Crippen molar-refractivity contribution in [3.8, 4) is 0 Å². The van der Waals surface area contributed by atoms with Crippen molar-refractivity contribution in [1.82, 2.24) is 0 Å². The Labute approximate surface area is 112 Å². The van der Waals surface area contributed by atoms with Crippen LogP contribution >= 0.6 is 0 Å². The summed E-state index contributed by atoms with van der Waals surface area (Å²) < 4.78 is 22.8. The van der Waals surface area contributed by atoms with Gasteiger partial charge in [0.05, 0.1) is 0 Å². The molecule has 1 unspecified atom stereocenters. The van der Waals surface area contributed by atoms with Crippen LogP contribution in [-0.2, 0) is 38.6 Å². The second-order valence-corrected chi connectivity index (χ2v) is 7.84. The fourth-order valence-corrected chi connectivity index (χ4v) is 4.95. The number of fused-ring (bicyclic) bond motifs is 2. The van der Waals surface area contributed by atoms with Gasteiger partial charge in [-0.05, 0) is 54.4 Å². The molecule has 1 aromatic rings. The van der Waals surface area contributed by atoms with E-state index in [4.69, 9.17) is 5.73 Å². The van der Waals surface area contributed by atoms with Crippen LogP contribution in [0.15, 0.2) is 12.1 Å². The van der Waals surface area contributed by atoms with Crippen LogP contribution < -0.4 is 5.73 Å². The quantitative estimate of drug-likeness (QED) is 0.871. The Kier molecular flexibility index (Phi) is 2.55. The fourth-order valence-electron chi connectivity index (χ4n) is 3.53. The van der Waals surface area contributed by atoms with E-state index in [0.29, 0.717) is 12.0 Å². The lowest BCUT2D eigenvalue weighted by Crippen LogP contribution is -2.45. The number of amides is 1. The summed E-state index contributed by atoms with van der Waals surface area (Å²) in [7, 11) is -3.57. The summed E-state index contributed by atoms with van der Waals surface area (Å²) in [5, 5.41) is 0. The van der Waals surface area contributed by atoms with Crippen LogP contribution in [0.2, 0.25) is 0 Å². The smallest absolute Gasteiger partial charge is 0.243 e. The number of benzene rings is 1. The summed E-state index contributed by atoms with van der Waals surface area (Å²) in [4.78, 5) is 11.9. The van der Waals surface area contributed by atoms with Gasteiger partial charge in [0.1, 0.15) is 0 Å². The molecule has 0 spiro atoms. The summed E-state index contributed by atoms with van der Waals surface area (Å²) in [5.41, 5.74) is 9.54. The lowest BCUT2D eigenvalue weighted by molar-refractivity contribution is -0.120. The summed E-state index contributed by atoms with van der Waals surface area (Å²) >= 11 is 0. The molecule has 0 aromatic heterocycles. The highest BCUT2D eigenvalue weighted by atomic mass is 32.2. The van der Waals surface area contributed by atoms with Gasteiger partial charge >= 0.3 is 0 Å². The van der Waals surface area contributed by atoms with E-state index >= 15 is 0 Å². The average Bonchev–Trinajstić information content (AvgIpc) is 2.87. The Balaban J connectivity index is 2.28. The van der Waals surface area contributed by atoms with Gasteiger partial charge in [0.15, 0.2) is 14.6 Å². The van der Waals surface area contributed by atoms with Crippen LogP contribution in [0.25, 0.3) is 0 Å².